The third-order valence-electron chi connectivity index (χ3n) is 3.31. The van der Waals surface area contributed by atoms with Crippen molar-refractivity contribution in [2.24, 2.45) is 0 Å². The molecule has 6 heteroatoms. The molecule has 0 saturated carbocycles. The summed E-state index contributed by atoms with van der Waals surface area (Å²) in [6, 6.07) is 7.01. The predicted molar refractivity (Wildman–Crippen MR) is 92.0 cm³/mol. The molecule has 1 atom stereocenters. The molecule has 0 spiro atoms. The zero-order valence-electron chi connectivity index (χ0n) is 13.3. The molecule has 0 fully saturated rings. The Hall–Kier alpha value is -2.08. The SMILES string of the molecule is CCOc1cc(C(=O)NC(C)c2cccnc2)cc(Br)c1OC. The maximum Gasteiger partial charge on any atom is 0.251 e. The summed E-state index contributed by atoms with van der Waals surface area (Å²) in [5.74, 6) is 0.915. The summed E-state index contributed by atoms with van der Waals surface area (Å²) in [5.41, 5.74) is 1.44. The molecule has 0 bridgehead atoms. The Bertz CT molecular complexity index is 677. The number of nitrogens with zero attached hydrogens (tertiary/aromatic N) is 1. The highest BCUT2D eigenvalue weighted by atomic mass is 79.9. The van der Waals surface area contributed by atoms with Crippen LogP contribution < -0.4 is 14.8 Å². The maximum absolute atomic E-state index is 12.5. The molecule has 5 nitrogen and oxygen atoms in total. The fourth-order valence-electron chi connectivity index (χ4n) is 2.16. The molecule has 1 aromatic carbocycles. The van der Waals surface area contributed by atoms with Crippen LogP contribution in [0.4, 0.5) is 0 Å². The monoisotopic (exact) mass is 378 g/mol. The quantitative estimate of drug-likeness (QED) is 0.831. The molecular weight excluding hydrogens is 360 g/mol. The highest BCUT2D eigenvalue weighted by Crippen LogP contribution is 2.36. The van der Waals surface area contributed by atoms with Crippen LogP contribution in [0.15, 0.2) is 41.1 Å². The van der Waals surface area contributed by atoms with E-state index in [0.29, 0.717) is 28.1 Å². The number of amides is 1. The number of nitrogens with one attached hydrogen (secondary N) is 1. The Kier molecular flexibility index (Phi) is 5.98. The Morgan fingerprint density at radius 1 is 1.43 bits per heavy atom. The van der Waals surface area contributed by atoms with Gasteiger partial charge in [0.1, 0.15) is 0 Å². The fraction of sp³-hybridized carbons (Fsp3) is 0.294. The summed E-state index contributed by atoms with van der Waals surface area (Å²) < 4.78 is 11.5. The first-order valence-electron chi connectivity index (χ1n) is 7.28. The van der Waals surface area contributed by atoms with Gasteiger partial charge in [0.05, 0.1) is 24.2 Å². The number of ether oxygens (including phenoxy) is 2. The Balaban J connectivity index is 2.22. The minimum atomic E-state index is -0.189. The van der Waals surface area contributed by atoms with Gasteiger partial charge in [0, 0.05) is 18.0 Å². The van der Waals surface area contributed by atoms with Gasteiger partial charge in [-0.2, -0.15) is 0 Å². The summed E-state index contributed by atoms with van der Waals surface area (Å²) in [7, 11) is 1.56. The molecule has 1 unspecified atom stereocenters. The molecule has 0 aliphatic rings. The van der Waals surface area contributed by atoms with Gasteiger partial charge in [-0.3, -0.25) is 9.78 Å². The first-order chi connectivity index (χ1) is 11.1. The van der Waals surface area contributed by atoms with Gasteiger partial charge in [0.25, 0.3) is 5.91 Å². The largest absolute Gasteiger partial charge is 0.492 e. The minimum Gasteiger partial charge on any atom is -0.492 e. The van der Waals surface area contributed by atoms with Gasteiger partial charge in [0.2, 0.25) is 0 Å². The standard InChI is InChI=1S/C17H19BrN2O3/c1-4-23-15-9-13(8-14(18)16(15)22-3)17(21)20-11(2)12-6-5-7-19-10-12/h5-11H,4H2,1-3H3,(H,20,21). The fourth-order valence-corrected chi connectivity index (χ4v) is 2.76. The molecule has 1 N–H and O–H groups in total. The van der Waals surface area contributed by atoms with E-state index >= 15 is 0 Å². The molecule has 2 rings (SSSR count). The van der Waals surface area contributed by atoms with E-state index in [9.17, 15) is 4.79 Å². The lowest BCUT2D eigenvalue weighted by atomic mass is 10.1. The minimum absolute atomic E-state index is 0.146. The molecule has 1 heterocycles. The highest BCUT2D eigenvalue weighted by molar-refractivity contribution is 9.10. The van der Waals surface area contributed by atoms with E-state index in [2.05, 4.69) is 26.2 Å². The van der Waals surface area contributed by atoms with Crippen LogP contribution in [0, 0.1) is 0 Å². The van der Waals surface area contributed by atoms with E-state index in [1.165, 1.54) is 0 Å². The molecule has 1 aromatic heterocycles. The van der Waals surface area contributed by atoms with E-state index < -0.39 is 0 Å². The van der Waals surface area contributed by atoms with E-state index in [1.54, 1.807) is 31.6 Å². The molecule has 122 valence electrons. The average Bonchev–Trinajstić information content (AvgIpc) is 2.55. The number of carbonyl (C=O) groups excluding carboxylic acids is 1. The summed E-state index contributed by atoms with van der Waals surface area (Å²) in [5, 5.41) is 2.95. The van der Waals surface area contributed by atoms with E-state index in [1.807, 2.05) is 26.0 Å². The zero-order valence-corrected chi connectivity index (χ0v) is 14.9. The number of benzene rings is 1. The van der Waals surface area contributed by atoms with Crippen molar-refractivity contribution >= 4 is 21.8 Å². The van der Waals surface area contributed by atoms with Crippen molar-refractivity contribution < 1.29 is 14.3 Å². The van der Waals surface area contributed by atoms with Crippen LogP contribution in [-0.4, -0.2) is 24.6 Å². The van der Waals surface area contributed by atoms with E-state index in [4.69, 9.17) is 9.47 Å². The highest BCUT2D eigenvalue weighted by Gasteiger charge is 2.17. The summed E-state index contributed by atoms with van der Waals surface area (Å²) in [6.45, 7) is 4.28. The first-order valence-corrected chi connectivity index (χ1v) is 8.07. The molecule has 1 amide bonds. The molecule has 0 radical (unpaired) electrons. The second kappa shape index (κ2) is 7.97. The molecule has 23 heavy (non-hydrogen) atoms. The Morgan fingerprint density at radius 3 is 2.83 bits per heavy atom. The van der Waals surface area contributed by atoms with Crippen LogP contribution in [0.1, 0.15) is 35.8 Å². The van der Waals surface area contributed by atoms with Gasteiger partial charge in [-0.25, -0.2) is 0 Å². The van der Waals surface area contributed by atoms with Crippen molar-refractivity contribution in [1.82, 2.24) is 10.3 Å². The van der Waals surface area contributed by atoms with Gasteiger partial charge < -0.3 is 14.8 Å². The number of hydrogen-bond acceptors (Lipinski definition) is 4. The van der Waals surface area contributed by atoms with Crippen LogP contribution in [0.2, 0.25) is 0 Å². The third-order valence-corrected chi connectivity index (χ3v) is 3.90. The van der Waals surface area contributed by atoms with Crippen LogP contribution in [0.25, 0.3) is 0 Å². The number of halogens is 1. The number of methoxy groups -OCH3 is 1. The predicted octanol–water partition coefficient (Wildman–Crippen LogP) is 3.74. The topological polar surface area (TPSA) is 60.5 Å². The van der Waals surface area contributed by atoms with Crippen molar-refractivity contribution in [2.75, 3.05) is 13.7 Å². The lowest BCUT2D eigenvalue weighted by molar-refractivity contribution is 0.0939. The van der Waals surface area contributed by atoms with Crippen molar-refractivity contribution in [1.29, 1.82) is 0 Å². The van der Waals surface area contributed by atoms with Gasteiger partial charge in [-0.15, -0.1) is 0 Å². The van der Waals surface area contributed by atoms with Gasteiger partial charge >= 0.3 is 0 Å². The summed E-state index contributed by atoms with van der Waals surface area (Å²) in [4.78, 5) is 16.6. The smallest absolute Gasteiger partial charge is 0.251 e. The third kappa shape index (κ3) is 4.22. The van der Waals surface area contributed by atoms with Gasteiger partial charge in [0.15, 0.2) is 11.5 Å². The molecule has 0 aliphatic heterocycles. The Morgan fingerprint density at radius 2 is 2.22 bits per heavy atom. The van der Waals surface area contributed by atoms with Gasteiger partial charge in [-0.05, 0) is 53.5 Å². The number of pyridine rings is 1. The molecule has 0 aliphatic carbocycles. The number of hydrogen-bond donors (Lipinski definition) is 1. The second-order valence-electron chi connectivity index (χ2n) is 4.90. The number of rotatable bonds is 6. The van der Waals surface area contributed by atoms with Crippen molar-refractivity contribution in [3.8, 4) is 11.5 Å². The molecular formula is C17H19BrN2O3. The average molecular weight is 379 g/mol. The van der Waals surface area contributed by atoms with Crippen LogP contribution >= 0.6 is 15.9 Å². The van der Waals surface area contributed by atoms with Crippen LogP contribution in [-0.2, 0) is 0 Å². The lowest BCUT2D eigenvalue weighted by Crippen LogP contribution is -2.26. The van der Waals surface area contributed by atoms with Crippen LogP contribution in [0.5, 0.6) is 11.5 Å². The lowest BCUT2D eigenvalue weighted by Gasteiger charge is -2.16. The Labute approximate surface area is 144 Å². The number of carbonyl (C=O) groups is 1. The summed E-state index contributed by atoms with van der Waals surface area (Å²) in [6.07, 6.45) is 3.44. The number of aromatic nitrogens is 1. The van der Waals surface area contributed by atoms with Crippen molar-refractivity contribution in [2.45, 2.75) is 19.9 Å². The zero-order chi connectivity index (χ0) is 16.8. The van der Waals surface area contributed by atoms with Crippen molar-refractivity contribution in [3.05, 3.63) is 52.3 Å². The van der Waals surface area contributed by atoms with Crippen LogP contribution in [0.3, 0.4) is 0 Å². The first kappa shape index (κ1) is 17.3. The molecule has 0 saturated heterocycles. The van der Waals surface area contributed by atoms with E-state index in [-0.39, 0.29) is 11.9 Å². The molecule has 2 aromatic rings. The van der Waals surface area contributed by atoms with E-state index in [0.717, 1.165) is 5.56 Å². The maximum atomic E-state index is 12.5. The summed E-state index contributed by atoms with van der Waals surface area (Å²) >= 11 is 3.41. The van der Waals surface area contributed by atoms with Gasteiger partial charge in [-0.1, -0.05) is 6.07 Å². The second-order valence-corrected chi connectivity index (χ2v) is 5.76. The van der Waals surface area contributed by atoms with Crippen molar-refractivity contribution in [3.63, 3.8) is 0 Å². The normalized spacial score (nSPS) is 11.7.